The van der Waals surface area contributed by atoms with Gasteiger partial charge in [0.25, 0.3) is 0 Å². The molecule has 2 aromatic carbocycles. The number of carbonyl (C=O) groups is 2. The van der Waals surface area contributed by atoms with E-state index in [9.17, 15) is 9.59 Å². The molecule has 0 bridgehead atoms. The molecule has 0 atom stereocenters. The van der Waals surface area contributed by atoms with Gasteiger partial charge in [0.2, 0.25) is 11.9 Å². The summed E-state index contributed by atoms with van der Waals surface area (Å²) in [6, 6.07) is 12.7. The van der Waals surface area contributed by atoms with E-state index in [2.05, 4.69) is 20.2 Å². The lowest BCUT2D eigenvalue weighted by molar-refractivity contribution is -0.124. The van der Waals surface area contributed by atoms with Crippen LogP contribution in [0.4, 0.5) is 11.6 Å². The third kappa shape index (κ3) is 5.05. The molecule has 2 fully saturated rings. The van der Waals surface area contributed by atoms with E-state index in [0.717, 1.165) is 42.6 Å². The summed E-state index contributed by atoms with van der Waals surface area (Å²) in [5.41, 5.74) is 8.67. The summed E-state index contributed by atoms with van der Waals surface area (Å²) in [6.07, 6.45) is 5.18. The van der Waals surface area contributed by atoms with E-state index in [4.69, 9.17) is 22.1 Å². The van der Waals surface area contributed by atoms with Gasteiger partial charge >= 0.3 is 0 Å². The molecule has 2 aliphatic rings. The van der Waals surface area contributed by atoms with Gasteiger partial charge in [-0.25, -0.2) is 9.97 Å². The average Bonchev–Trinajstić information content (AvgIpc) is 3.69. The van der Waals surface area contributed by atoms with Gasteiger partial charge in [-0.2, -0.15) is 0 Å². The molecule has 35 heavy (non-hydrogen) atoms. The Labute approximate surface area is 208 Å². The van der Waals surface area contributed by atoms with Gasteiger partial charge in [0, 0.05) is 43.0 Å². The van der Waals surface area contributed by atoms with Crippen molar-refractivity contribution in [3.8, 4) is 11.1 Å². The number of nitrogens with two attached hydrogens (primary N) is 1. The van der Waals surface area contributed by atoms with Crippen LogP contribution < -0.4 is 11.1 Å². The number of halogens is 1. The number of amides is 1. The van der Waals surface area contributed by atoms with Crippen LogP contribution in [0.25, 0.3) is 11.1 Å². The Hall–Kier alpha value is -3.33. The first kappa shape index (κ1) is 23.4. The molecule has 9 heteroatoms. The van der Waals surface area contributed by atoms with E-state index in [1.54, 1.807) is 30.6 Å². The van der Waals surface area contributed by atoms with Crippen molar-refractivity contribution in [2.45, 2.75) is 24.8 Å². The fourth-order valence-electron chi connectivity index (χ4n) is 4.42. The van der Waals surface area contributed by atoms with Gasteiger partial charge in [0.05, 0.1) is 23.9 Å². The van der Waals surface area contributed by atoms with Crippen LogP contribution in [0.2, 0.25) is 5.02 Å². The Morgan fingerprint density at radius 3 is 2.37 bits per heavy atom. The highest BCUT2D eigenvalue weighted by molar-refractivity contribution is 6.34. The minimum Gasteiger partial charge on any atom is -0.379 e. The quantitative estimate of drug-likeness (QED) is 0.486. The maximum Gasteiger partial charge on any atom is 0.244 e. The number of morpholine rings is 1. The van der Waals surface area contributed by atoms with Crippen LogP contribution in [0.15, 0.2) is 54.9 Å². The molecule has 0 radical (unpaired) electrons. The van der Waals surface area contributed by atoms with Crippen molar-refractivity contribution >= 4 is 34.9 Å². The van der Waals surface area contributed by atoms with Gasteiger partial charge in [-0.1, -0.05) is 35.9 Å². The number of Topliss-reactive ketones (excluding diaryl/α,β-unsaturated/α-hetero) is 1. The topological polar surface area (TPSA) is 110 Å². The second-order valence-electron chi connectivity index (χ2n) is 8.91. The highest BCUT2D eigenvalue weighted by atomic mass is 35.5. The molecule has 1 aromatic heterocycles. The zero-order valence-corrected chi connectivity index (χ0v) is 19.9. The molecule has 1 saturated carbocycles. The lowest BCUT2D eigenvalue weighted by atomic mass is 10.00. The lowest BCUT2D eigenvalue weighted by Gasteiger charge is -2.33. The monoisotopic (exact) mass is 491 g/mol. The molecule has 3 N–H and O–H groups in total. The van der Waals surface area contributed by atoms with Gasteiger partial charge in [-0.05, 0) is 42.2 Å². The van der Waals surface area contributed by atoms with Crippen molar-refractivity contribution in [2.75, 3.05) is 37.4 Å². The Kier molecular flexibility index (Phi) is 6.51. The van der Waals surface area contributed by atoms with Gasteiger partial charge in [-0.3, -0.25) is 14.5 Å². The summed E-state index contributed by atoms with van der Waals surface area (Å²) in [5, 5.41) is 3.38. The minimum absolute atomic E-state index is 0.0601. The van der Waals surface area contributed by atoms with E-state index in [1.807, 2.05) is 24.3 Å². The first-order chi connectivity index (χ1) is 16.9. The molecule has 3 aromatic rings. The maximum absolute atomic E-state index is 13.1. The molecule has 8 nitrogen and oxygen atoms in total. The largest absolute Gasteiger partial charge is 0.379 e. The molecule has 5 rings (SSSR count). The zero-order chi connectivity index (χ0) is 24.4. The van der Waals surface area contributed by atoms with Crippen molar-refractivity contribution in [3.63, 3.8) is 0 Å². The highest BCUT2D eigenvalue weighted by Gasteiger charge is 2.54. The van der Waals surface area contributed by atoms with Crippen LogP contribution in [0, 0.1) is 0 Å². The van der Waals surface area contributed by atoms with Crippen molar-refractivity contribution in [3.05, 3.63) is 71.0 Å². The Morgan fingerprint density at radius 1 is 1.03 bits per heavy atom. The van der Waals surface area contributed by atoms with E-state index < -0.39 is 5.54 Å². The number of rotatable bonds is 7. The predicted octanol–water partition coefficient (Wildman–Crippen LogP) is 3.61. The van der Waals surface area contributed by atoms with Gasteiger partial charge in [0.1, 0.15) is 5.54 Å². The molecule has 0 spiro atoms. The second kappa shape index (κ2) is 9.73. The number of nitrogen functional groups attached to an aromatic ring is 1. The van der Waals surface area contributed by atoms with Gasteiger partial charge < -0.3 is 15.8 Å². The molecule has 180 valence electrons. The lowest BCUT2D eigenvalue weighted by Crippen LogP contribution is -2.51. The van der Waals surface area contributed by atoms with Crippen LogP contribution in [0.3, 0.4) is 0 Å². The Bertz CT molecular complexity index is 1240. The Morgan fingerprint density at radius 2 is 1.71 bits per heavy atom. The number of ketones is 1. The number of benzene rings is 2. The first-order valence-electron chi connectivity index (χ1n) is 11.6. The van der Waals surface area contributed by atoms with Crippen LogP contribution in [-0.4, -0.2) is 58.4 Å². The summed E-state index contributed by atoms with van der Waals surface area (Å²) in [7, 11) is 0. The van der Waals surface area contributed by atoms with E-state index in [-0.39, 0.29) is 24.1 Å². The smallest absolute Gasteiger partial charge is 0.244 e. The summed E-state index contributed by atoms with van der Waals surface area (Å²) in [4.78, 5) is 36.3. The van der Waals surface area contributed by atoms with Gasteiger partial charge in [-0.15, -0.1) is 0 Å². The van der Waals surface area contributed by atoms with Crippen molar-refractivity contribution < 1.29 is 14.3 Å². The molecule has 0 unspecified atom stereocenters. The van der Waals surface area contributed by atoms with E-state index in [0.29, 0.717) is 29.5 Å². The third-order valence-corrected chi connectivity index (χ3v) is 6.95. The summed E-state index contributed by atoms with van der Waals surface area (Å²) < 4.78 is 5.42. The molecular weight excluding hydrogens is 466 g/mol. The molecule has 1 aliphatic carbocycles. The maximum atomic E-state index is 13.1. The van der Waals surface area contributed by atoms with Crippen LogP contribution in [0.5, 0.6) is 0 Å². The third-order valence-electron chi connectivity index (χ3n) is 6.62. The number of hydrogen-bond donors (Lipinski definition) is 2. The van der Waals surface area contributed by atoms with Crippen LogP contribution in [0.1, 0.15) is 28.8 Å². The van der Waals surface area contributed by atoms with Gasteiger partial charge in [0.15, 0.2) is 5.78 Å². The normalized spacial score (nSPS) is 17.1. The minimum atomic E-state index is -0.496. The van der Waals surface area contributed by atoms with E-state index in [1.165, 1.54) is 0 Å². The fraction of sp³-hybridized carbons (Fsp3) is 0.308. The molecular formula is C26H26ClN5O3. The van der Waals surface area contributed by atoms with Crippen molar-refractivity contribution in [1.82, 2.24) is 14.9 Å². The molecule has 2 heterocycles. The number of nitrogens with one attached hydrogen (secondary N) is 1. The van der Waals surface area contributed by atoms with Crippen LogP contribution >= 0.6 is 11.6 Å². The fourth-order valence-corrected chi connectivity index (χ4v) is 4.58. The summed E-state index contributed by atoms with van der Waals surface area (Å²) in [6.45, 7) is 2.75. The van der Waals surface area contributed by atoms with Crippen molar-refractivity contribution in [1.29, 1.82) is 0 Å². The summed E-state index contributed by atoms with van der Waals surface area (Å²) >= 11 is 6.37. The number of anilines is 2. The number of ether oxygens (including phenoxy) is 1. The molecule has 1 aliphatic heterocycles. The SMILES string of the molecule is Nc1ncc(-c2ccc(CC(=O)c3ccc(Cl)c(NC(=O)C4(N5CCOCC5)CC4)c3)cc2)cn1. The average molecular weight is 492 g/mol. The first-order valence-corrected chi connectivity index (χ1v) is 12.0. The number of aromatic nitrogens is 2. The van der Waals surface area contributed by atoms with Crippen LogP contribution in [-0.2, 0) is 16.0 Å². The Balaban J connectivity index is 1.26. The molecule has 1 amide bonds. The van der Waals surface area contributed by atoms with E-state index >= 15 is 0 Å². The number of nitrogens with zero attached hydrogens (tertiary/aromatic N) is 3. The zero-order valence-electron chi connectivity index (χ0n) is 19.2. The highest BCUT2D eigenvalue weighted by Crippen LogP contribution is 2.43. The predicted molar refractivity (Wildman–Crippen MR) is 134 cm³/mol. The number of carbonyl (C=O) groups excluding carboxylic acids is 2. The second-order valence-corrected chi connectivity index (χ2v) is 9.31. The standard InChI is InChI=1S/C26H26ClN5O3/c27-21-6-5-19(14-22(21)31-24(34)26(7-8-26)32-9-11-35-12-10-32)23(33)13-17-1-3-18(4-2-17)20-15-29-25(28)30-16-20/h1-6,14-16H,7-13H2,(H,31,34)(H2,28,29,30). The van der Waals surface area contributed by atoms with Crippen molar-refractivity contribution in [2.24, 2.45) is 0 Å². The number of hydrogen-bond acceptors (Lipinski definition) is 7. The molecule has 1 saturated heterocycles. The summed E-state index contributed by atoms with van der Waals surface area (Å²) in [5.74, 6) is 0.0890.